The lowest BCUT2D eigenvalue weighted by Gasteiger charge is -2.31. The van der Waals surface area contributed by atoms with E-state index in [4.69, 9.17) is 0 Å². The molecule has 1 saturated heterocycles. The molecule has 0 saturated carbocycles. The topological polar surface area (TPSA) is 12.5 Å². The maximum atomic E-state index is 13.3. The molecular formula is C9H10F8O. The van der Waals surface area contributed by atoms with Crippen molar-refractivity contribution in [2.45, 2.75) is 50.2 Å². The Morgan fingerprint density at radius 3 is 1.44 bits per heavy atom. The molecule has 0 amide bonds. The monoisotopic (exact) mass is 286 g/mol. The van der Waals surface area contributed by atoms with Crippen molar-refractivity contribution in [3.63, 3.8) is 0 Å². The minimum absolute atomic E-state index is 0.201. The average molecular weight is 286 g/mol. The van der Waals surface area contributed by atoms with Crippen molar-refractivity contribution in [2.24, 2.45) is 5.92 Å². The summed E-state index contributed by atoms with van der Waals surface area (Å²) >= 11 is 0. The summed E-state index contributed by atoms with van der Waals surface area (Å²) in [6.07, 6.45) is -11.4. The van der Waals surface area contributed by atoms with Crippen molar-refractivity contribution in [1.29, 1.82) is 0 Å². The van der Waals surface area contributed by atoms with Gasteiger partial charge in [-0.05, 0) is 12.8 Å². The second-order valence-corrected chi connectivity index (χ2v) is 4.60. The van der Waals surface area contributed by atoms with E-state index in [1.165, 1.54) is 0 Å². The SMILES string of the molecule is CC(C)C1(C(F)(F)C(F)(F)F)OC1(C)C(F)(F)F. The van der Waals surface area contributed by atoms with Crippen molar-refractivity contribution in [2.75, 3.05) is 0 Å². The normalized spacial score (nSPS) is 34.0. The van der Waals surface area contributed by atoms with Crippen LogP contribution in [0, 0.1) is 5.92 Å². The number of epoxide rings is 1. The highest BCUT2D eigenvalue weighted by molar-refractivity contribution is 5.26. The molecule has 2 unspecified atom stereocenters. The average Bonchev–Trinajstić information content (AvgIpc) is 2.72. The molecule has 0 aromatic heterocycles. The van der Waals surface area contributed by atoms with Crippen molar-refractivity contribution in [1.82, 2.24) is 0 Å². The van der Waals surface area contributed by atoms with Crippen molar-refractivity contribution in [3.8, 4) is 0 Å². The van der Waals surface area contributed by atoms with Gasteiger partial charge in [0.25, 0.3) is 0 Å². The molecular weight excluding hydrogens is 276 g/mol. The van der Waals surface area contributed by atoms with Crippen LogP contribution in [0.15, 0.2) is 0 Å². The summed E-state index contributed by atoms with van der Waals surface area (Å²) in [5, 5.41) is 0. The first-order valence-corrected chi connectivity index (χ1v) is 4.86. The lowest BCUT2D eigenvalue weighted by Crippen LogP contribution is -2.58. The number of hydrogen-bond donors (Lipinski definition) is 0. The maximum absolute atomic E-state index is 13.3. The fraction of sp³-hybridized carbons (Fsp3) is 1.00. The van der Waals surface area contributed by atoms with Crippen molar-refractivity contribution >= 4 is 0 Å². The molecule has 0 aliphatic carbocycles. The first kappa shape index (κ1) is 15.5. The molecule has 1 aliphatic heterocycles. The van der Waals surface area contributed by atoms with E-state index in [9.17, 15) is 35.1 Å². The van der Waals surface area contributed by atoms with Crippen LogP contribution in [-0.2, 0) is 4.74 Å². The predicted molar refractivity (Wildman–Crippen MR) is 44.1 cm³/mol. The van der Waals surface area contributed by atoms with Crippen LogP contribution in [0.1, 0.15) is 20.8 Å². The summed E-state index contributed by atoms with van der Waals surface area (Å²) < 4.78 is 105. The molecule has 0 spiro atoms. The number of ether oxygens (including phenoxy) is 1. The number of alkyl halides is 8. The van der Waals surface area contributed by atoms with E-state index in [0.717, 1.165) is 13.8 Å². The van der Waals surface area contributed by atoms with E-state index < -0.39 is 35.4 Å². The zero-order valence-corrected chi connectivity index (χ0v) is 9.51. The summed E-state index contributed by atoms with van der Waals surface area (Å²) in [4.78, 5) is 0. The zero-order chi connectivity index (χ0) is 14.8. The molecule has 9 heteroatoms. The van der Waals surface area contributed by atoms with Gasteiger partial charge in [0.15, 0.2) is 11.2 Å². The standard InChI is InChI=1S/C9H10F8O/c1-4(2)6(7(10,11)9(15,16)17)5(3,18-6)8(12,13)14/h4H,1-3H3. The molecule has 2 atom stereocenters. The molecule has 1 heterocycles. The van der Waals surface area contributed by atoms with Crippen LogP contribution in [0.2, 0.25) is 0 Å². The van der Waals surface area contributed by atoms with Crippen LogP contribution in [-0.4, -0.2) is 29.5 Å². The van der Waals surface area contributed by atoms with Gasteiger partial charge in [-0.1, -0.05) is 13.8 Å². The maximum Gasteiger partial charge on any atom is 0.456 e. The van der Waals surface area contributed by atoms with E-state index in [1.807, 2.05) is 0 Å². The van der Waals surface area contributed by atoms with Gasteiger partial charge in [-0.15, -0.1) is 0 Å². The lowest BCUT2D eigenvalue weighted by atomic mass is 9.78. The van der Waals surface area contributed by atoms with E-state index in [-0.39, 0.29) is 6.92 Å². The second-order valence-electron chi connectivity index (χ2n) is 4.60. The fourth-order valence-corrected chi connectivity index (χ4v) is 2.17. The highest BCUT2D eigenvalue weighted by Gasteiger charge is 2.93. The molecule has 1 rings (SSSR count). The van der Waals surface area contributed by atoms with E-state index in [1.54, 1.807) is 0 Å². The van der Waals surface area contributed by atoms with E-state index in [2.05, 4.69) is 4.74 Å². The third-order valence-electron chi connectivity index (χ3n) is 3.21. The summed E-state index contributed by atoms with van der Waals surface area (Å²) in [5.74, 6) is -7.25. The van der Waals surface area contributed by atoms with Gasteiger partial charge in [-0.25, -0.2) is 0 Å². The lowest BCUT2D eigenvalue weighted by molar-refractivity contribution is -0.313. The number of hydrogen-bond acceptors (Lipinski definition) is 1. The molecule has 18 heavy (non-hydrogen) atoms. The van der Waals surface area contributed by atoms with E-state index >= 15 is 0 Å². The Hall–Kier alpha value is -0.600. The predicted octanol–water partition coefficient (Wildman–Crippen LogP) is 3.93. The molecule has 108 valence electrons. The summed E-state index contributed by atoms with van der Waals surface area (Å²) in [7, 11) is 0. The highest BCUT2D eigenvalue weighted by Crippen LogP contribution is 2.69. The van der Waals surface area contributed by atoms with Gasteiger partial charge in [0.1, 0.15) is 0 Å². The van der Waals surface area contributed by atoms with Crippen LogP contribution in [0.4, 0.5) is 35.1 Å². The number of halogens is 8. The van der Waals surface area contributed by atoms with Gasteiger partial charge in [0.05, 0.1) is 0 Å². The molecule has 0 aromatic carbocycles. The Balaban J connectivity index is 3.34. The van der Waals surface area contributed by atoms with Crippen LogP contribution in [0.3, 0.4) is 0 Å². The summed E-state index contributed by atoms with van der Waals surface area (Å²) in [5.41, 5.74) is -7.12. The smallest absolute Gasteiger partial charge is 0.346 e. The fourth-order valence-electron chi connectivity index (χ4n) is 2.17. The molecule has 0 bridgehead atoms. The van der Waals surface area contributed by atoms with Crippen molar-refractivity contribution in [3.05, 3.63) is 0 Å². The summed E-state index contributed by atoms with van der Waals surface area (Å²) in [6, 6.07) is 0. The number of rotatable bonds is 2. The van der Waals surface area contributed by atoms with Crippen LogP contribution in [0.5, 0.6) is 0 Å². The van der Waals surface area contributed by atoms with E-state index in [0.29, 0.717) is 0 Å². The highest BCUT2D eigenvalue weighted by atomic mass is 19.4. The van der Waals surface area contributed by atoms with Gasteiger partial charge in [-0.3, -0.25) is 0 Å². The Morgan fingerprint density at radius 2 is 1.28 bits per heavy atom. The zero-order valence-electron chi connectivity index (χ0n) is 9.51. The molecule has 1 fully saturated rings. The first-order valence-electron chi connectivity index (χ1n) is 4.86. The van der Waals surface area contributed by atoms with Gasteiger partial charge >= 0.3 is 18.3 Å². The third kappa shape index (κ3) is 1.55. The molecule has 1 aliphatic rings. The van der Waals surface area contributed by atoms with Crippen LogP contribution < -0.4 is 0 Å². The Kier molecular flexibility index (Phi) is 2.99. The quantitative estimate of drug-likeness (QED) is 0.553. The molecule has 1 nitrogen and oxygen atoms in total. The van der Waals surface area contributed by atoms with Gasteiger partial charge in [0, 0.05) is 0 Å². The van der Waals surface area contributed by atoms with Gasteiger partial charge < -0.3 is 4.74 Å². The Morgan fingerprint density at radius 1 is 0.889 bits per heavy atom. The van der Waals surface area contributed by atoms with Crippen LogP contribution in [0.25, 0.3) is 0 Å². The minimum Gasteiger partial charge on any atom is -0.346 e. The molecule has 0 N–H and O–H groups in total. The summed E-state index contributed by atoms with van der Waals surface area (Å²) in [6.45, 7) is 1.86. The Bertz CT molecular complexity index is 343. The Labute approximate surface area is 97.1 Å². The molecule has 0 aromatic rings. The van der Waals surface area contributed by atoms with Crippen LogP contribution >= 0.6 is 0 Å². The first-order chi connectivity index (χ1) is 7.65. The largest absolute Gasteiger partial charge is 0.456 e. The molecule has 0 radical (unpaired) electrons. The second kappa shape index (κ2) is 3.49. The third-order valence-corrected chi connectivity index (χ3v) is 3.21. The van der Waals surface area contributed by atoms with Gasteiger partial charge in [-0.2, -0.15) is 35.1 Å². The van der Waals surface area contributed by atoms with Gasteiger partial charge in [0.2, 0.25) is 0 Å². The minimum atomic E-state index is -6.11. The van der Waals surface area contributed by atoms with Crippen molar-refractivity contribution < 1.29 is 39.9 Å².